The van der Waals surface area contributed by atoms with Crippen molar-refractivity contribution < 1.29 is 4.79 Å². The Bertz CT molecular complexity index is 829. The second-order valence-electron chi connectivity index (χ2n) is 7.38. The highest BCUT2D eigenvalue weighted by molar-refractivity contribution is 5.77. The van der Waals surface area contributed by atoms with Gasteiger partial charge in [0.2, 0.25) is 5.91 Å². The van der Waals surface area contributed by atoms with Crippen LogP contribution in [0.4, 0.5) is 5.69 Å². The highest BCUT2D eigenvalue weighted by Crippen LogP contribution is 2.23. The fourth-order valence-electron chi connectivity index (χ4n) is 3.63. The van der Waals surface area contributed by atoms with Crippen LogP contribution in [0.5, 0.6) is 0 Å². The summed E-state index contributed by atoms with van der Waals surface area (Å²) in [6, 6.07) is 12.1. The topological polar surface area (TPSA) is 75.0 Å². The predicted molar refractivity (Wildman–Crippen MR) is 103 cm³/mol. The van der Waals surface area contributed by atoms with Gasteiger partial charge in [-0.05, 0) is 37.3 Å². The van der Waals surface area contributed by atoms with Crippen molar-refractivity contribution in [3.8, 4) is 6.07 Å². The number of piperidine rings is 1. The van der Waals surface area contributed by atoms with Crippen LogP contribution in [0.15, 0.2) is 30.3 Å². The molecule has 3 rings (SSSR count). The van der Waals surface area contributed by atoms with Crippen LogP contribution >= 0.6 is 0 Å². The van der Waals surface area contributed by atoms with Crippen LogP contribution < -0.4 is 5.73 Å². The molecule has 1 aromatic heterocycles. The third-order valence-electron chi connectivity index (χ3n) is 5.15. The molecule has 136 valence electrons. The lowest BCUT2D eigenvalue weighted by Gasteiger charge is -2.31. The highest BCUT2D eigenvalue weighted by atomic mass is 16.2. The van der Waals surface area contributed by atoms with E-state index in [4.69, 9.17) is 5.73 Å². The Morgan fingerprint density at radius 1 is 1.35 bits per heavy atom. The predicted octanol–water partition coefficient (Wildman–Crippen LogP) is 3.10. The van der Waals surface area contributed by atoms with E-state index in [1.807, 2.05) is 11.8 Å². The number of hydrogen-bond acceptors (Lipinski definition) is 3. The van der Waals surface area contributed by atoms with E-state index >= 15 is 0 Å². The fourth-order valence-corrected chi connectivity index (χ4v) is 3.63. The molecule has 2 N–H and O–H groups in total. The lowest BCUT2D eigenvalue weighted by atomic mass is 10.0. The van der Waals surface area contributed by atoms with Crippen LogP contribution in [-0.4, -0.2) is 28.5 Å². The molecule has 0 aliphatic carbocycles. The number of nitrogens with zero attached hydrogens (tertiary/aromatic N) is 3. The second kappa shape index (κ2) is 7.65. The molecular weight excluding hydrogens is 324 g/mol. The number of nitrogens with two attached hydrogens (primary N) is 1. The van der Waals surface area contributed by atoms with Crippen molar-refractivity contribution in [2.45, 2.75) is 39.7 Å². The average Bonchev–Trinajstić information content (AvgIpc) is 2.92. The number of carbonyl (C=O) groups excluding carboxylic acids is 1. The largest absolute Gasteiger partial charge is 0.397 e. The molecule has 0 saturated carbocycles. The van der Waals surface area contributed by atoms with E-state index < -0.39 is 0 Å². The Labute approximate surface area is 155 Å². The number of carbonyl (C=O) groups is 1. The normalized spacial score (nSPS) is 17.1. The number of aryl methyl sites for hydroxylation is 1. The Morgan fingerprint density at radius 2 is 2.08 bits per heavy atom. The van der Waals surface area contributed by atoms with Gasteiger partial charge in [-0.3, -0.25) is 4.79 Å². The van der Waals surface area contributed by atoms with E-state index in [0.717, 1.165) is 30.8 Å². The lowest BCUT2D eigenvalue weighted by Crippen LogP contribution is -2.41. The maximum atomic E-state index is 12.8. The van der Waals surface area contributed by atoms with Gasteiger partial charge in [0.1, 0.15) is 18.3 Å². The Kier molecular flexibility index (Phi) is 5.32. The van der Waals surface area contributed by atoms with Gasteiger partial charge >= 0.3 is 0 Å². The second-order valence-corrected chi connectivity index (χ2v) is 7.38. The summed E-state index contributed by atoms with van der Waals surface area (Å²) in [5.74, 6) is 0.596. The summed E-state index contributed by atoms with van der Waals surface area (Å²) < 4.78 is 1.79. The number of rotatable bonds is 4. The minimum Gasteiger partial charge on any atom is -0.397 e. The SMILES string of the molecule is Cc1ccc(Cc2c(N)cc(C#N)n2CC(=O)N2CCC[C@H](C)C2)cc1. The Balaban J connectivity index is 1.84. The molecule has 5 heteroatoms. The molecule has 0 spiro atoms. The summed E-state index contributed by atoms with van der Waals surface area (Å²) in [5.41, 5.74) is 10.3. The molecule has 1 fully saturated rings. The third-order valence-corrected chi connectivity index (χ3v) is 5.15. The van der Waals surface area contributed by atoms with Crippen molar-refractivity contribution in [1.82, 2.24) is 9.47 Å². The molecule has 1 aliphatic rings. The minimum absolute atomic E-state index is 0.0637. The highest BCUT2D eigenvalue weighted by Gasteiger charge is 2.23. The molecule has 1 atom stereocenters. The van der Waals surface area contributed by atoms with Gasteiger partial charge in [0.15, 0.2) is 0 Å². The standard InChI is InChI=1S/C21H26N4O/c1-15-5-7-17(8-6-15)10-20-19(23)11-18(12-22)25(20)14-21(26)24-9-3-4-16(2)13-24/h5-8,11,16H,3-4,9-10,13-14,23H2,1-2H3/t16-/m0/s1. The molecule has 1 aromatic carbocycles. The van der Waals surface area contributed by atoms with E-state index in [-0.39, 0.29) is 12.5 Å². The number of nitrogen functional groups attached to an aromatic ring is 1. The van der Waals surface area contributed by atoms with Gasteiger partial charge in [0, 0.05) is 25.2 Å². The maximum absolute atomic E-state index is 12.8. The molecule has 2 heterocycles. The van der Waals surface area contributed by atoms with Crippen molar-refractivity contribution >= 4 is 11.6 Å². The van der Waals surface area contributed by atoms with Crippen molar-refractivity contribution in [2.75, 3.05) is 18.8 Å². The monoisotopic (exact) mass is 350 g/mol. The molecule has 0 radical (unpaired) electrons. The van der Waals surface area contributed by atoms with Crippen LogP contribution in [0.1, 0.15) is 42.3 Å². The maximum Gasteiger partial charge on any atom is 0.242 e. The summed E-state index contributed by atoms with van der Waals surface area (Å²) in [4.78, 5) is 14.7. The minimum atomic E-state index is 0.0637. The van der Waals surface area contributed by atoms with Crippen molar-refractivity contribution in [3.05, 3.63) is 52.8 Å². The Hall–Kier alpha value is -2.74. The zero-order chi connectivity index (χ0) is 18.7. The summed E-state index contributed by atoms with van der Waals surface area (Å²) >= 11 is 0. The van der Waals surface area contributed by atoms with Crippen LogP contribution in [0.3, 0.4) is 0 Å². The number of amides is 1. The molecule has 0 bridgehead atoms. The van der Waals surface area contributed by atoms with E-state index in [2.05, 4.69) is 37.3 Å². The first-order valence-corrected chi connectivity index (χ1v) is 9.19. The molecule has 0 unspecified atom stereocenters. The van der Waals surface area contributed by atoms with E-state index in [9.17, 15) is 10.1 Å². The van der Waals surface area contributed by atoms with Gasteiger partial charge in [-0.2, -0.15) is 5.26 Å². The van der Waals surface area contributed by atoms with Crippen LogP contribution in [0.2, 0.25) is 0 Å². The molecule has 1 amide bonds. The van der Waals surface area contributed by atoms with Crippen LogP contribution in [0, 0.1) is 24.2 Å². The number of anilines is 1. The average molecular weight is 350 g/mol. The summed E-state index contributed by atoms with van der Waals surface area (Å²) in [5, 5.41) is 9.47. The lowest BCUT2D eigenvalue weighted by molar-refractivity contribution is -0.133. The first-order valence-electron chi connectivity index (χ1n) is 9.19. The molecule has 26 heavy (non-hydrogen) atoms. The van der Waals surface area contributed by atoms with Crippen molar-refractivity contribution in [1.29, 1.82) is 5.26 Å². The molecular formula is C21H26N4O. The summed E-state index contributed by atoms with van der Waals surface area (Å²) in [7, 11) is 0. The zero-order valence-corrected chi connectivity index (χ0v) is 15.5. The molecule has 5 nitrogen and oxygen atoms in total. The summed E-state index contributed by atoms with van der Waals surface area (Å²) in [6.45, 7) is 6.00. The van der Waals surface area contributed by atoms with Crippen LogP contribution in [-0.2, 0) is 17.8 Å². The van der Waals surface area contributed by atoms with E-state index in [1.54, 1.807) is 10.6 Å². The van der Waals surface area contributed by atoms with Gasteiger partial charge in [0.05, 0.1) is 5.69 Å². The van der Waals surface area contributed by atoms with Gasteiger partial charge < -0.3 is 15.2 Å². The van der Waals surface area contributed by atoms with E-state index in [1.165, 1.54) is 12.0 Å². The number of aromatic nitrogens is 1. The molecule has 1 saturated heterocycles. The Morgan fingerprint density at radius 3 is 2.73 bits per heavy atom. The summed E-state index contributed by atoms with van der Waals surface area (Å²) in [6.07, 6.45) is 2.82. The third kappa shape index (κ3) is 3.91. The van der Waals surface area contributed by atoms with Gasteiger partial charge in [-0.15, -0.1) is 0 Å². The first kappa shape index (κ1) is 18.1. The van der Waals surface area contributed by atoms with Gasteiger partial charge in [-0.25, -0.2) is 0 Å². The van der Waals surface area contributed by atoms with Gasteiger partial charge in [-0.1, -0.05) is 36.8 Å². The number of benzene rings is 1. The smallest absolute Gasteiger partial charge is 0.242 e. The molecule has 1 aliphatic heterocycles. The zero-order valence-electron chi connectivity index (χ0n) is 15.5. The number of hydrogen-bond donors (Lipinski definition) is 1. The van der Waals surface area contributed by atoms with Crippen LogP contribution in [0.25, 0.3) is 0 Å². The fraction of sp³-hybridized carbons (Fsp3) is 0.429. The quantitative estimate of drug-likeness (QED) is 0.920. The number of nitriles is 1. The van der Waals surface area contributed by atoms with Crippen molar-refractivity contribution in [3.63, 3.8) is 0 Å². The van der Waals surface area contributed by atoms with Gasteiger partial charge in [0.25, 0.3) is 0 Å². The van der Waals surface area contributed by atoms with Crippen molar-refractivity contribution in [2.24, 2.45) is 5.92 Å². The van der Waals surface area contributed by atoms with E-state index in [0.29, 0.717) is 23.7 Å². The number of likely N-dealkylation sites (tertiary alicyclic amines) is 1. The first-order chi connectivity index (χ1) is 12.5. The molecule has 2 aromatic rings.